The summed E-state index contributed by atoms with van der Waals surface area (Å²) < 4.78 is 12.1. The van der Waals surface area contributed by atoms with E-state index in [-0.39, 0.29) is 12.0 Å². The van der Waals surface area contributed by atoms with Crippen LogP contribution in [0.1, 0.15) is 90.9 Å². The number of rotatable bonds is 5. The molecule has 0 radical (unpaired) electrons. The maximum absolute atomic E-state index is 7.10. The number of fused-ring (bicyclic) bond motifs is 13. The van der Waals surface area contributed by atoms with Crippen LogP contribution in [0, 0.1) is 39.5 Å². The summed E-state index contributed by atoms with van der Waals surface area (Å²) in [7, 11) is 0. The first kappa shape index (κ1) is 38.1. The van der Waals surface area contributed by atoms with E-state index in [1.54, 1.807) is 0 Å². The normalized spacial score (nSPS) is 16.0. The van der Waals surface area contributed by atoms with Crippen LogP contribution in [-0.4, -0.2) is 4.98 Å². The Morgan fingerprint density at radius 2 is 1.40 bits per heavy atom. The lowest BCUT2D eigenvalue weighted by Crippen LogP contribution is -2.51. The van der Waals surface area contributed by atoms with Crippen LogP contribution in [0.3, 0.4) is 0 Å². The molecule has 2 aliphatic rings. The first-order chi connectivity index (χ1) is 29.0. The van der Waals surface area contributed by atoms with E-state index in [1.165, 1.54) is 61.3 Å². The van der Waals surface area contributed by atoms with Crippen LogP contribution in [0.25, 0.3) is 72.7 Å². The third-order valence-corrected chi connectivity index (χ3v) is 13.7. The molecule has 4 heteroatoms. The molecule has 2 atom stereocenters. The summed E-state index contributed by atoms with van der Waals surface area (Å²) in [6, 6.07) is 40.4. The van der Waals surface area contributed by atoms with E-state index in [4.69, 9.17) is 16.0 Å². The number of benzene rings is 4. The van der Waals surface area contributed by atoms with Crippen molar-refractivity contribution in [2.45, 2.75) is 86.1 Å². The molecule has 2 unspecified atom stereocenters. The van der Waals surface area contributed by atoms with Crippen LogP contribution in [0.15, 0.2) is 133 Å². The van der Waals surface area contributed by atoms with Gasteiger partial charge < -0.3 is 4.42 Å². The van der Waals surface area contributed by atoms with E-state index in [0.29, 0.717) is 23.5 Å². The molecule has 0 saturated carbocycles. The quantitative estimate of drug-likeness (QED) is 0.163. The van der Waals surface area contributed by atoms with Crippen LogP contribution in [0.5, 0.6) is 0 Å². The number of allylic oxidation sites excluding steroid dienone is 1. The van der Waals surface area contributed by atoms with Crippen LogP contribution in [-0.2, 0) is 6.42 Å². The predicted molar refractivity (Wildman–Crippen MR) is 247 cm³/mol. The Bertz CT molecular complexity index is 2990. The molecule has 0 fully saturated rings. The first-order valence-corrected chi connectivity index (χ1v) is 21.9. The second-order valence-electron chi connectivity index (χ2n) is 18.3. The largest absolute Gasteiger partial charge is 0.437 e. The second kappa shape index (κ2) is 14.6. The average molecular weight is 786 g/mol. The Hall–Kier alpha value is -6.13. The number of hydrogen-bond donors (Lipinski definition) is 0. The van der Waals surface area contributed by atoms with Gasteiger partial charge in [-0.3, -0.25) is 0 Å². The second-order valence-corrected chi connectivity index (χ2v) is 18.3. The molecule has 0 spiro atoms. The lowest BCUT2D eigenvalue weighted by Gasteiger charge is -2.30. The smallest absolute Gasteiger partial charge is 0.227 e. The summed E-state index contributed by atoms with van der Waals surface area (Å²) in [5.41, 5.74) is 21.0. The van der Waals surface area contributed by atoms with E-state index >= 15 is 0 Å². The number of pyridine rings is 3. The molecule has 0 amide bonds. The highest BCUT2D eigenvalue weighted by molar-refractivity contribution is 6.09. The van der Waals surface area contributed by atoms with Gasteiger partial charge in [-0.25, -0.2) is 4.98 Å². The van der Waals surface area contributed by atoms with Crippen LogP contribution < -0.4 is 9.13 Å². The molecule has 4 aromatic carbocycles. The van der Waals surface area contributed by atoms with Crippen molar-refractivity contribution in [3.05, 3.63) is 167 Å². The van der Waals surface area contributed by atoms with Gasteiger partial charge in [-0.2, -0.15) is 9.13 Å². The average Bonchev–Trinajstić information content (AvgIpc) is 3.61. The monoisotopic (exact) mass is 785 g/mol. The fourth-order valence-corrected chi connectivity index (χ4v) is 11.2. The molecule has 298 valence electrons. The number of aromatic nitrogens is 3. The molecule has 0 bridgehead atoms. The first-order valence-electron chi connectivity index (χ1n) is 21.9. The highest BCUT2D eigenvalue weighted by Gasteiger charge is 2.47. The van der Waals surface area contributed by atoms with Crippen molar-refractivity contribution in [3.63, 3.8) is 0 Å². The SMILES string of the molecule is C=C1C2c3ccccc3-c3ccc(C)c[n+]3C2CCc2ccc3c(oc4nc(-c5c(C)cc(-c6ccccc6)cc5C)ccc43)c2-c2cc(C)c(C(C(C)C)C(C)C)c[n+]21. The zero-order valence-corrected chi connectivity index (χ0v) is 36.3. The summed E-state index contributed by atoms with van der Waals surface area (Å²) in [6.07, 6.45) is 6.66. The molecule has 2 aliphatic heterocycles. The van der Waals surface area contributed by atoms with Gasteiger partial charge in [0.1, 0.15) is 5.92 Å². The summed E-state index contributed by atoms with van der Waals surface area (Å²) >= 11 is 0. The molecule has 0 aliphatic carbocycles. The maximum atomic E-state index is 7.10. The topological polar surface area (TPSA) is 33.8 Å². The van der Waals surface area contributed by atoms with Gasteiger partial charge in [0.25, 0.3) is 0 Å². The van der Waals surface area contributed by atoms with Crippen molar-refractivity contribution in [1.29, 1.82) is 0 Å². The molecule has 4 nitrogen and oxygen atoms in total. The Balaban J connectivity index is 1.20. The third kappa shape index (κ3) is 6.06. The molecule has 6 heterocycles. The van der Waals surface area contributed by atoms with Gasteiger partial charge in [0.05, 0.1) is 16.8 Å². The van der Waals surface area contributed by atoms with E-state index < -0.39 is 0 Å². The summed E-state index contributed by atoms with van der Waals surface area (Å²) in [4.78, 5) is 5.30. The lowest BCUT2D eigenvalue weighted by atomic mass is 9.78. The molecule has 0 N–H and O–H groups in total. The molecule has 10 rings (SSSR count). The Labute approximate surface area is 354 Å². The van der Waals surface area contributed by atoms with Gasteiger partial charge >= 0.3 is 0 Å². The van der Waals surface area contributed by atoms with Crippen molar-refractivity contribution in [3.8, 4) is 44.9 Å². The minimum absolute atomic E-state index is 0.0702. The fourth-order valence-electron chi connectivity index (χ4n) is 11.2. The van der Waals surface area contributed by atoms with E-state index in [2.05, 4.69) is 186 Å². The van der Waals surface area contributed by atoms with Gasteiger partial charge in [-0.05, 0) is 122 Å². The maximum Gasteiger partial charge on any atom is 0.227 e. The lowest BCUT2D eigenvalue weighted by molar-refractivity contribution is -0.720. The van der Waals surface area contributed by atoms with Gasteiger partial charge in [-0.1, -0.05) is 100 Å². The molecule has 0 saturated heterocycles. The molecule has 8 aromatic rings. The Kier molecular flexibility index (Phi) is 9.24. The zero-order chi connectivity index (χ0) is 41.6. The van der Waals surface area contributed by atoms with Crippen molar-refractivity contribution in [1.82, 2.24) is 4.98 Å². The number of furan rings is 1. The molecule has 4 aromatic heterocycles. The fraction of sp³-hybridized carbons (Fsp3) is 0.268. The minimum atomic E-state index is 0.0702. The van der Waals surface area contributed by atoms with Crippen molar-refractivity contribution >= 4 is 27.8 Å². The summed E-state index contributed by atoms with van der Waals surface area (Å²) in [6.45, 7) is 23.4. The minimum Gasteiger partial charge on any atom is -0.437 e. The summed E-state index contributed by atoms with van der Waals surface area (Å²) in [5.74, 6) is 1.43. The third-order valence-electron chi connectivity index (χ3n) is 13.7. The molecule has 60 heavy (non-hydrogen) atoms. The number of aryl methyl sites for hydroxylation is 5. The zero-order valence-electron chi connectivity index (χ0n) is 36.3. The predicted octanol–water partition coefficient (Wildman–Crippen LogP) is 13.6. The van der Waals surface area contributed by atoms with Crippen LogP contribution in [0.4, 0.5) is 0 Å². The Morgan fingerprint density at radius 3 is 2.15 bits per heavy atom. The Morgan fingerprint density at radius 1 is 0.683 bits per heavy atom. The van der Waals surface area contributed by atoms with E-state index in [0.717, 1.165) is 57.4 Å². The van der Waals surface area contributed by atoms with Crippen molar-refractivity contribution in [2.24, 2.45) is 11.8 Å². The van der Waals surface area contributed by atoms with Gasteiger partial charge in [0.2, 0.25) is 17.1 Å². The van der Waals surface area contributed by atoms with Crippen molar-refractivity contribution < 1.29 is 13.6 Å². The van der Waals surface area contributed by atoms with Crippen molar-refractivity contribution in [2.75, 3.05) is 0 Å². The van der Waals surface area contributed by atoms with Gasteiger partial charge in [0.15, 0.2) is 29.7 Å². The number of hydrogen-bond acceptors (Lipinski definition) is 2. The van der Waals surface area contributed by atoms with Crippen LogP contribution in [0.2, 0.25) is 0 Å². The van der Waals surface area contributed by atoms with E-state index in [1.807, 2.05) is 0 Å². The van der Waals surface area contributed by atoms with Crippen LogP contribution >= 0.6 is 0 Å². The highest BCUT2D eigenvalue weighted by atomic mass is 16.3. The standard InChI is InChI=1S/C56H55N3O/c1-32(2)51(33(3)4)46-31-58-38(9)53-43-18-14-13-17-42(43)48-25-19-34(5)30-59(48)49(53)26-21-40-20-22-44-45-23-24-47(57-56(45)60-55(44)54(40)50(58)29-35(46)6)52-36(7)27-41(28-37(52)8)39-15-11-10-12-16-39/h10-20,22-25,27-33,49,51,53H,9,21,26H2,1-8H3/q+2. The molecular weight excluding hydrogens is 731 g/mol. The van der Waals surface area contributed by atoms with E-state index in [9.17, 15) is 0 Å². The van der Waals surface area contributed by atoms with Gasteiger partial charge in [0, 0.05) is 46.0 Å². The van der Waals surface area contributed by atoms with Gasteiger partial charge in [-0.15, -0.1) is 0 Å². The highest BCUT2D eigenvalue weighted by Crippen LogP contribution is 2.48. The molecular formula is C56H55N3O+2. The summed E-state index contributed by atoms with van der Waals surface area (Å²) in [5, 5.41) is 2.13. The number of nitrogens with zero attached hydrogens (tertiary/aromatic N) is 3.